The number of morpholine rings is 1. The Balaban J connectivity index is 1.39. The number of nitrogens with zero attached hydrogens (tertiary/aromatic N) is 3. The van der Waals surface area contributed by atoms with Gasteiger partial charge in [-0.15, -0.1) is 11.3 Å². The van der Waals surface area contributed by atoms with Crippen LogP contribution in [0.1, 0.15) is 46.8 Å². The molecule has 7 nitrogen and oxygen atoms in total. The van der Waals surface area contributed by atoms with Gasteiger partial charge in [0, 0.05) is 24.0 Å². The van der Waals surface area contributed by atoms with Crippen LogP contribution >= 0.6 is 11.3 Å². The van der Waals surface area contributed by atoms with E-state index in [0.29, 0.717) is 43.5 Å². The third-order valence-electron chi connectivity index (χ3n) is 8.52. The van der Waals surface area contributed by atoms with Crippen LogP contribution in [0.2, 0.25) is 0 Å². The van der Waals surface area contributed by atoms with Crippen LogP contribution in [0.3, 0.4) is 0 Å². The number of carboxylic acid groups (broad SMARTS) is 1. The SMILES string of the molecule is O=C(O)c1cc2c(s1)c(C1CCCC1)c(-c1ccc3nc(-c4ccccc4F)ccc3c1)n2CC(=O)N1CCOCC1. The highest BCUT2D eigenvalue weighted by Gasteiger charge is 2.31. The molecule has 1 aliphatic heterocycles. The number of thiophene rings is 1. The molecule has 3 aromatic heterocycles. The first-order valence-corrected chi connectivity index (χ1v) is 15.2. The maximum atomic E-state index is 14.5. The van der Waals surface area contributed by atoms with Crippen LogP contribution in [-0.4, -0.2) is 57.7 Å². The summed E-state index contributed by atoms with van der Waals surface area (Å²) in [6.07, 6.45) is 4.32. The molecule has 0 bridgehead atoms. The van der Waals surface area contributed by atoms with Crippen molar-refractivity contribution in [1.29, 1.82) is 0 Å². The van der Waals surface area contributed by atoms with Crippen LogP contribution in [0.4, 0.5) is 4.39 Å². The highest BCUT2D eigenvalue weighted by molar-refractivity contribution is 7.21. The minimum Gasteiger partial charge on any atom is -0.477 e. The molecule has 1 aliphatic carbocycles. The van der Waals surface area contributed by atoms with Crippen LogP contribution in [0, 0.1) is 5.82 Å². The fourth-order valence-electron chi connectivity index (χ4n) is 6.46. The molecule has 2 aliphatic rings. The lowest BCUT2D eigenvalue weighted by atomic mass is 9.94. The Hall–Kier alpha value is -4.08. The minimum atomic E-state index is -0.955. The van der Waals surface area contributed by atoms with E-state index in [4.69, 9.17) is 9.72 Å². The summed E-state index contributed by atoms with van der Waals surface area (Å²) in [6.45, 7) is 2.24. The fourth-order valence-corrected chi connectivity index (χ4v) is 7.59. The van der Waals surface area contributed by atoms with Gasteiger partial charge in [0.2, 0.25) is 5.91 Å². The van der Waals surface area contributed by atoms with Crippen molar-refractivity contribution in [2.24, 2.45) is 0 Å². The largest absolute Gasteiger partial charge is 0.477 e. The van der Waals surface area contributed by atoms with E-state index in [0.717, 1.165) is 63.6 Å². The fraction of sp³-hybridized carbons (Fsp3) is 0.303. The number of carboxylic acids is 1. The number of rotatable bonds is 6. The first-order chi connectivity index (χ1) is 20.5. The Kier molecular flexibility index (Phi) is 6.99. The second-order valence-corrected chi connectivity index (χ2v) is 12.1. The molecule has 9 heteroatoms. The first kappa shape index (κ1) is 26.8. The highest BCUT2D eigenvalue weighted by atomic mass is 32.1. The van der Waals surface area contributed by atoms with Crippen molar-refractivity contribution in [2.75, 3.05) is 26.3 Å². The number of halogens is 1. The van der Waals surface area contributed by atoms with Gasteiger partial charge in [-0.2, -0.15) is 0 Å². The number of pyridine rings is 1. The van der Waals surface area contributed by atoms with Gasteiger partial charge in [-0.3, -0.25) is 4.79 Å². The number of ether oxygens (including phenoxy) is 1. The lowest BCUT2D eigenvalue weighted by Gasteiger charge is -2.27. The second kappa shape index (κ2) is 11.0. The molecule has 2 aromatic carbocycles. The van der Waals surface area contributed by atoms with Crippen LogP contribution in [0.5, 0.6) is 0 Å². The van der Waals surface area contributed by atoms with Gasteiger partial charge in [-0.25, -0.2) is 14.2 Å². The molecule has 0 spiro atoms. The predicted molar refractivity (Wildman–Crippen MR) is 162 cm³/mol. The van der Waals surface area contributed by atoms with Crippen LogP contribution in [0.15, 0.2) is 60.7 Å². The summed E-state index contributed by atoms with van der Waals surface area (Å²) in [5.41, 5.74) is 5.65. The molecular weight excluding hydrogens is 553 g/mol. The molecule has 2 fully saturated rings. The molecule has 1 saturated carbocycles. The highest BCUT2D eigenvalue weighted by Crippen LogP contribution is 2.48. The van der Waals surface area contributed by atoms with Gasteiger partial charge in [0.05, 0.1) is 40.3 Å². The Morgan fingerprint density at radius 1 is 1.02 bits per heavy atom. The van der Waals surface area contributed by atoms with E-state index in [1.54, 1.807) is 24.3 Å². The van der Waals surface area contributed by atoms with E-state index in [-0.39, 0.29) is 23.1 Å². The van der Waals surface area contributed by atoms with E-state index in [1.165, 1.54) is 17.4 Å². The Bertz CT molecular complexity index is 1830. The zero-order valence-corrected chi connectivity index (χ0v) is 23.8. The van der Waals surface area contributed by atoms with Crippen molar-refractivity contribution in [3.63, 3.8) is 0 Å². The average Bonchev–Trinajstić information content (AvgIpc) is 3.75. The predicted octanol–water partition coefficient (Wildman–Crippen LogP) is 6.94. The number of carbonyl (C=O) groups is 2. The molecule has 0 unspecified atom stereocenters. The van der Waals surface area contributed by atoms with Gasteiger partial charge in [-0.05, 0) is 66.3 Å². The number of hydrogen-bond acceptors (Lipinski definition) is 5. The van der Waals surface area contributed by atoms with E-state index in [1.807, 2.05) is 33.7 Å². The van der Waals surface area contributed by atoms with Gasteiger partial charge in [0.1, 0.15) is 17.2 Å². The van der Waals surface area contributed by atoms with Crippen molar-refractivity contribution >= 4 is 44.3 Å². The quantitative estimate of drug-likeness (QED) is 0.234. The average molecular weight is 584 g/mol. The summed E-state index contributed by atoms with van der Waals surface area (Å²) in [5, 5.41) is 10.8. The molecule has 7 rings (SSSR count). The second-order valence-electron chi connectivity index (χ2n) is 11.0. The Labute approximate surface area is 246 Å². The van der Waals surface area contributed by atoms with Gasteiger partial charge in [0.15, 0.2) is 0 Å². The molecular formula is C33H30FN3O4S. The zero-order chi connectivity index (χ0) is 28.8. The third kappa shape index (κ3) is 4.76. The number of benzene rings is 2. The summed E-state index contributed by atoms with van der Waals surface area (Å²) in [6, 6.07) is 18.2. The molecule has 1 saturated heterocycles. The number of aromatic nitrogens is 2. The molecule has 0 atom stereocenters. The normalized spacial score (nSPS) is 16.1. The molecule has 4 heterocycles. The molecule has 1 amide bonds. The van der Waals surface area contributed by atoms with Crippen molar-refractivity contribution < 1.29 is 23.8 Å². The molecule has 214 valence electrons. The monoisotopic (exact) mass is 583 g/mol. The number of amides is 1. The van der Waals surface area contributed by atoms with Crippen LogP contribution < -0.4 is 0 Å². The number of carbonyl (C=O) groups excluding carboxylic acids is 1. The van der Waals surface area contributed by atoms with Gasteiger partial charge >= 0.3 is 5.97 Å². The maximum absolute atomic E-state index is 14.5. The number of hydrogen-bond donors (Lipinski definition) is 1. The van der Waals surface area contributed by atoms with E-state index in [2.05, 4.69) is 6.07 Å². The van der Waals surface area contributed by atoms with E-state index in [9.17, 15) is 19.1 Å². The Morgan fingerprint density at radius 2 is 1.81 bits per heavy atom. The summed E-state index contributed by atoms with van der Waals surface area (Å²) in [4.78, 5) is 32.5. The van der Waals surface area contributed by atoms with Crippen LogP contribution in [-0.2, 0) is 16.1 Å². The maximum Gasteiger partial charge on any atom is 0.345 e. The summed E-state index contributed by atoms with van der Waals surface area (Å²) < 4.78 is 22.9. The van der Waals surface area contributed by atoms with Gasteiger partial charge in [0.25, 0.3) is 0 Å². The number of aromatic carboxylic acids is 1. The molecule has 5 aromatic rings. The van der Waals surface area contributed by atoms with Crippen molar-refractivity contribution in [2.45, 2.75) is 38.1 Å². The van der Waals surface area contributed by atoms with Gasteiger partial charge in [-0.1, -0.05) is 37.1 Å². The first-order valence-electron chi connectivity index (χ1n) is 14.4. The third-order valence-corrected chi connectivity index (χ3v) is 9.66. The smallest absolute Gasteiger partial charge is 0.345 e. The standard InChI is InChI=1S/C33H30FN3O4S/c34-24-8-4-3-7-23(24)26-12-9-21-17-22(10-11-25(21)35-26)31-30(20-5-1-2-6-20)32-27(18-28(42-32)33(39)40)37(31)19-29(38)36-13-15-41-16-14-36/h3-4,7-12,17-18,20H,1-2,5-6,13-16,19H2,(H,39,40). The molecule has 42 heavy (non-hydrogen) atoms. The molecule has 0 radical (unpaired) electrons. The summed E-state index contributed by atoms with van der Waals surface area (Å²) in [7, 11) is 0. The van der Waals surface area contributed by atoms with Gasteiger partial charge < -0.3 is 19.3 Å². The Morgan fingerprint density at radius 3 is 2.57 bits per heavy atom. The minimum absolute atomic E-state index is 0.00511. The van der Waals surface area contributed by atoms with Crippen molar-refractivity contribution in [3.05, 3.63) is 76.9 Å². The van der Waals surface area contributed by atoms with Crippen molar-refractivity contribution in [3.8, 4) is 22.5 Å². The van der Waals surface area contributed by atoms with E-state index >= 15 is 0 Å². The zero-order valence-electron chi connectivity index (χ0n) is 23.0. The van der Waals surface area contributed by atoms with Crippen molar-refractivity contribution in [1.82, 2.24) is 14.5 Å². The summed E-state index contributed by atoms with van der Waals surface area (Å²) in [5.74, 6) is -0.983. The van der Waals surface area contributed by atoms with Crippen LogP contribution in [0.25, 0.3) is 43.6 Å². The molecule has 1 N–H and O–H groups in total. The summed E-state index contributed by atoms with van der Waals surface area (Å²) >= 11 is 1.30. The number of fused-ring (bicyclic) bond motifs is 2. The lowest BCUT2D eigenvalue weighted by Crippen LogP contribution is -2.42. The topological polar surface area (TPSA) is 84.7 Å². The van der Waals surface area contributed by atoms with E-state index < -0.39 is 5.97 Å². The lowest BCUT2D eigenvalue weighted by molar-refractivity contribution is -0.135.